The molecule has 6 aromatic carbocycles. The maximum Gasteiger partial charge on any atom is 0.164 e. The van der Waals surface area contributed by atoms with Crippen molar-refractivity contribution >= 4 is 0 Å². The number of fused-ring (bicyclic) bond motifs is 3. The lowest BCUT2D eigenvalue weighted by Crippen LogP contribution is -2.15. The molecule has 0 fully saturated rings. The Labute approximate surface area is 274 Å². The SMILES string of the molecule is CC1(C)c2cc(C#N)ccc2-c2ccc(-c3cccc(-c4cccc(-c5nc(-c6ccccc6)nc(-c6ccccc6)n5)c4)c3)cc21. The van der Waals surface area contributed by atoms with E-state index >= 15 is 0 Å². The lowest BCUT2D eigenvalue weighted by atomic mass is 9.81. The molecule has 7 aromatic rings. The average molecular weight is 603 g/mol. The van der Waals surface area contributed by atoms with Crippen molar-refractivity contribution < 1.29 is 0 Å². The fourth-order valence-electron chi connectivity index (χ4n) is 6.64. The highest BCUT2D eigenvalue weighted by molar-refractivity contribution is 5.85. The lowest BCUT2D eigenvalue weighted by Gasteiger charge is -2.22. The number of hydrogen-bond acceptors (Lipinski definition) is 4. The Morgan fingerprint density at radius 2 is 0.851 bits per heavy atom. The van der Waals surface area contributed by atoms with Crippen LogP contribution in [-0.4, -0.2) is 15.0 Å². The standard InChI is InChI=1S/C43H30N4/c1-43(2)38-23-28(27-44)19-21-36(38)37-22-20-34(26-39(37)43)32-16-9-15-31(24-32)33-17-10-18-35(25-33)42-46-40(29-11-5-3-6-12-29)45-41(47-42)30-13-7-4-8-14-30/h3-26H,1-2H3. The molecule has 1 aliphatic rings. The summed E-state index contributed by atoms with van der Waals surface area (Å²) in [5.74, 6) is 1.93. The minimum atomic E-state index is -0.193. The Hall–Kier alpha value is -6.18. The van der Waals surface area contributed by atoms with Gasteiger partial charge in [0.2, 0.25) is 0 Å². The van der Waals surface area contributed by atoms with Gasteiger partial charge in [0.25, 0.3) is 0 Å². The summed E-state index contributed by atoms with van der Waals surface area (Å²) < 4.78 is 0. The van der Waals surface area contributed by atoms with Crippen molar-refractivity contribution in [3.63, 3.8) is 0 Å². The minimum absolute atomic E-state index is 0.193. The zero-order valence-corrected chi connectivity index (χ0v) is 26.1. The lowest BCUT2D eigenvalue weighted by molar-refractivity contribution is 0.660. The van der Waals surface area contributed by atoms with Crippen LogP contribution in [0.4, 0.5) is 0 Å². The van der Waals surface area contributed by atoms with Crippen LogP contribution in [0.25, 0.3) is 67.5 Å². The van der Waals surface area contributed by atoms with Gasteiger partial charge >= 0.3 is 0 Å². The number of aromatic nitrogens is 3. The van der Waals surface area contributed by atoms with Crippen LogP contribution < -0.4 is 0 Å². The van der Waals surface area contributed by atoms with Gasteiger partial charge < -0.3 is 0 Å². The van der Waals surface area contributed by atoms with Gasteiger partial charge in [0, 0.05) is 22.1 Å². The van der Waals surface area contributed by atoms with Gasteiger partial charge in [0.15, 0.2) is 17.5 Å². The van der Waals surface area contributed by atoms with Gasteiger partial charge in [0.1, 0.15) is 0 Å². The molecule has 0 saturated carbocycles. The van der Waals surface area contributed by atoms with Crippen LogP contribution in [0.1, 0.15) is 30.5 Å². The van der Waals surface area contributed by atoms with Crippen LogP contribution in [0.2, 0.25) is 0 Å². The van der Waals surface area contributed by atoms with Gasteiger partial charge in [-0.15, -0.1) is 0 Å². The first-order chi connectivity index (χ1) is 23.0. The Morgan fingerprint density at radius 3 is 1.40 bits per heavy atom. The maximum atomic E-state index is 9.51. The summed E-state index contributed by atoms with van der Waals surface area (Å²) in [7, 11) is 0. The van der Waals surface area contributed by atoms with E-state index in [4.69, 9.17) is 15.0 Å². The van der Waals surface area contributed by atoms with E-state index in [0.29, 0.717) is 23.0 Å². The van der Waals surface area contributed by atoms with Gasteiger partial charge in [-0.05, 0) is 74.8 Å². The summed E-state index contributed by atoms with van der Waals surface area (Å²) in [6, 6.07) is 52.3. The predicted molar refractivity (Wildman–Crippen MR) is 189 cm³/mol. The number of nitriles is 1. The first-order valence-corrected chi connectivity index (χ1v) is 15.8. The van der Waals surface area contributed by atoms with E-state index in [1.54, 1.807) is 0 Å². The highest BCUT2D eigenvalue weighted by atomic mass is 15.0. The average Bonchev–Trinajstić information content (AvgIpc) is 3.37. The van der Waals surface area contributed by atoms with Crippen molar-refractivity contribution in [1.82, 2.24) is 15.0 Å². The molecule has 0 saturated heterocycles. The van der Waals surface area contributed by atoms with E-state index in [1.807, 2.05) is 72.8 Å². The largest absolute Gasteiger partial charge is 0.208 e. The van der Waals surface area contributed by atoms with E-state index in [-0.39, 0.29) is 5.41 Å². The van der Waals surface area contributed by atoms with Gasteiger partial charge in [-0.25, -0.2) is 15.0 Å². The molecule has 4 heteroatoms. The second kappa shape index (κ2) is 11.3. The van der Waals surface area contributed by atoms with Crippen LogP contribution >= 0.6 is 0 Å². The van der Waals surface area contributed by atoms with Crippen LogP contribution in [0, 0.1) is 11.3 Å². The first kappa shape index (κ1) is 28.3. The molecule has 0 aliphatic heterocycles. The Kier molecular flexibility index (Phi) is 6.82. The predicted octanol–water partition coefficient (Wildman–Crippen LogP) is 10.4. The molecule has 0 radical (unpaired) electrons. The van der Waals surface area contributed by atoms with E-state index in [0.717, 1.165) is 33.4 Å². The van der Waals surface area contributed by atoms with Crippen LogP contribution in [-0.2, 0) is 5.41 Å². The third-order valence-corrected chi connectivity index (χ3v) is 9.15. The van der Waals surface area contributed by atoms with E-state index in [2.05, 4.69) is 92.7 Å². The fourth-order valence-corrected chi connectivity index (χ4v) is 6.64. The summed E-state index contributed by atoms with van der Waals surface area (Å²) in [4.78, 5) is 14.7. The minimum Gasteiger partial charge on any atom is -0.208 e. The van der Waals surface area contributed by atoms with Gasteiger partial charge in [-0.1, -0.05) is 129 Å². The highest BCUT2D eigenvalue weighted by Gasteiger charge is 2.35. The summed E-state index contributed by atoms with van der Waals surface area (Å²) in [6.07, 6.45) is 0. The van der Waals surface area contributed by atoms with Crippen molar-refractivity contribution in [2.24, 2.45) is 0 Å². The molecule has 8 rings (SSSR count). The molecular weight excluding hydrogens is 573 g/mol. The molecule has 1 aliphatic carbocycles. The summed E-state index contributed by atoms with van der Waals surface area (Å²) in [5.41, 5.74) is 12.8. The number of nitrogens with zero attached hydrogens (tertiary/aromatic N) is 4. The van der Waals surface area contributed by atoms with Crippen LogP contribution in [0.5, 0.6) is 0 Å². The summed E-state index contributed by atoms with van der Waals surface area (Å²) >= 11 is 0. The van der Waals surface area contributed by atoms with Crippen molar-refractivity contribution in [2.45, 2.75) is 19.3 Å². The van der Waals surface area contributed by atoms with Gasteiger partial charge in [-0.2, -0.15) is 5.26 Å². The fraction of sp³-hybridized carbons (Fsp3) is 0.0698. The second-order valence-corrected chi connectivity index (χ2v) is 12.5. The zero-order valence-electron chi connectivity index (χ0n) is 26.1. The molecular formula is C43H30N4. The van der Waals surface area contributed by atoms with E-state index in [9.17, 15) is 5.26 Å². The molecule has 1 aromatic heterocycles. The second-order valence-electron chi connectivity index (χ2n) is 12.5. The normalized spacial score (nSPS) is 12.6. The third kappa shape index (κ3) is 5.09. The monoisotopic (exact) mass is 602 g/mol. The molecule has 4 nitrogen and oxygen atoms in total. The molecule has 0 bridgehead atoms. The number of rotatable bonds is 5. The zero-order chi connectivity index (χ0) is 32.0. The molecule has 1 heterocycles. The molecule has 0 unspecified atom stereocenters. The Bertz CT molecular complexity index is 2280. The van der Waals surface area contributed by atoms with Crippen LogP contribution in [0.15, 0.2) is 146 Å². The quantitative estimate of drug-likeness (QED) is 0.197. The van der Waals surface area contributed by atoms with E-state index < -0.39 is 0 Å². The van der Waals surface area contributed by atoms with Crippen molar-refractivity contribution in [3.05, 3.63) is 162 Å². The van der Waals surface area contributed by atoms with Crippen LogP contribution in [0.3, 0.4) is 0 Å². The smallest absolute Gasteiger partial charge is 0.164 e. The van der Waals surface area contributed by atoms with Crippen molar-refractivity contribution in [3.8, 4) is 73.6 Å². The highest BCUT2D eigenvalue weighted by Crippen LogP contribution is 2.50. The van der Waals surface area contributed by atoms with Crippen molar-refractivity contribution in [2.75, 3.05) is 0 Å². The van der Waals surface area contributed by atoms with Gasteiger partial charge in [0.05, 0.1) is 11.6 Å². The van der Waals surface area contributed by atoms with E-state index in [1.165, 1.54) is 27.8 Å². The molecule has 0 amide bonds. The Morgan fingerprint density at radius 1 is 0.426 bits per heavy atom. The molecule has 0 spiro atoms. The number of hydrogen-bond donors (Lipinski definition) is 0. The maximum absolute atomic E-state index is 9.51. The summed E-state index contributed by atoms with van der Waals surface area (Å²) in [6.45, 7) is 4.50. The molecule has 0 atom stereocenters. The first-order valence-electron chi connectivity index (χ1n) is 15.8. The van der Waals surface area contributed by atoms with Crippen molar-refractivity contribution in [1.29, 1.82) is 5.26 Å². The molecule has 47 heavy (non-hydrogen) atoms. The molecule has 0 N–H and O–H groups in total. The molecule has 222 valence electrons. The Balaban J connectivity index is 1.17. The topological polar surface area (TPSA) is 62.5 Å². The third-order valence-electron chi connectivity index (χ3n) is 9.15. The van der Waals surface area contributed by atoms with Gasteiger partial charge in [-0.3, -0.25) is 0 Å². The summed E-state index contributed by atoms with van der Waals surface area (Å²) in [5, 5.41) is 9.51. The number of benzene rings is 6.